The van der Waals surface area contributed by atoms with Crippen LogP contribution in [0.15, 0.2) is 51.8 Å². The largest absolute Gasteiger partial charge is 0.240 e. The third-order valence-electron chi connectivity index (χ3n) is 3.31. The summed E-state index contributed by atoms with van der Waals surface area (Å²) in [5, 5.41) is 0. The lowest BCUT2D eigenvalue weighted by Crippen LogP contribution is -2.26. The fraction of sp³-hybridized carbons (Fsp3) is 0.250. The van der Waals surface area contributed by atoms with Crippen LogP contribution in [0.5, 0.6) is 0 Å². The van der Waals surface area contributed by atoms with Gasteiger partial charge in [0.15, 0.2) is 0 Å². The summed E-state index contributed by atoms with van der Waals surface area (Å²) < 4.78 is 27.8. The molecule has 3 nitrogen and oxygen atoms in total. The van der Waals surface area contributed by atoms with E-state index in [1.54, 1.807) is 24.3 Å². The van der Waals surface area contributed by atoms with E-state index >= 15 is 0 Å². The van der Waals surface area contributed by atoms with Crippen molar-refractivity contribution in [2.24, 2.45) is 0 Å². The maximum Gasteiger partial charge on any atom is 0.240 e. The molecule has 0 amide bonds. The van der Waals surface area contributed by atoms with Gasteiger partial charge in [0.2, 0.25) is 10.0 Å². The number of benzene rings is 2. The molecule has 0 spiro atoms. The van der Waals surface area contributed by atoms with E-state index in [-0.39, 0.29) is 4.90 Å². The highest BCUT2D eigenvalue weighted by molar-refractivity contribution is 9.10. The van der Waals surface area contributed by atoms with Crippen LogP contribution < -0.4 is 4.72 Å². The number of sulfonamides is 1. The average Bonchev–Trinajstić information content (AvgIpc) is 2.41. The Bertz CT molecular complexity index is 724. The van der Waals surface area contributed by atoms with Crippen LogP contribution in [0, 0.1) is 13.8 Å². The quantitative estimate of drug-likeness (QED) is 0.877. The number of rotatable bonds is 5. The first kappa shape index (κ1) is 16.2. The second kappa shape index (κ2) is 6.73. The summed E-state index contributed by atoms with van der Waals surface area (Å²) in [5.74, 6) is 0. The summed E-state index contributed by atoms with van der Waals surface area (Å²) in [5.41, 5.74) is 3.57. The molecule has 0 radical (unpaired) electrons. The Kier molecular flexibility index (Phi) is 5.19. The predicted octanol–water partition coefficient (Wildman–Crippen LogP) is 3.59. The number of nitrogens with one attached hydrogen (secondary N) is 1. The molecule has 0 saturated heterocycles. The predicted molar refractivity (Wildman–Crippen MR) is 89.0 cm³/mol. The Morgan fingerprint density at radius 3 is 2.33 bits per heavy atom. The molecule has 0 aliphatic rings. The SMILES string of the molecule is Cc1ccc(CCNS(=O)(=O)c2ccc(Br)cc2)c(C)c1. The van der Waals surface area contributed by atoms with Crippen molar-refractivity contribution >= 4 is 26.0 Å². The highest BCUT2D eigenvalue weighted by Crippen LogP contribution is 2.15. The maximum atomic E-state index is 12.1. The van der Waals surface area contributed by atoms with Crippen LogP contribution >= 0.6 is 15.9 Å². The Balaban J connectivity index is 2.00. The van der Waals surface area contributed by atoms with E-state index in [1.165, 1.54) is 16.7 Å². The van der Waals surface area contributed by atoms with Crippen LogP contribution in [0.2, 0.25) is 0 Å². The molecular formula is C16H18BrNO2S. The number of aryl methyl sites for hydroxylation is 2. The third kappa shape index (κ3) is 4.40. The second-order valence-electron chi connectivity index (χ2n) is 5.03. The van der Waals surface area contributed by atoms with E-state index in [0.29, 0.717) is 13.0 Å². The summed E-state index contributed by atoms with van der Waals surface area (Å²) in [6.07, 6.45) is 0.682. The van der Waals surface area contributed by atoms with E-state index in [2.05, 4.69) is 32.8 Å². The van der Waals surface area contributed by atoms with E-state index in [1.807, 2.05) is 19.9 Å². The first-order valence-corrected chi connectivity index (χ1v) is 8.97. The molecule has 0 aromatic heterocycles. The van der Waals surface area contributed by atoms with Crippen molar-refractivity contribution in [1.29, 1.82) is 0 Å². The number of hydrogen-bond donors (Lipinski definition) is 1. The summed E-state index contributed by atoms with van der Waals surface area (Å²) >= 11 is 3.29. The minimum absolute atomic E-state index is 0.284. The van der Waals surface area contributed by atoms with Gasteiger partial charge in [-0.1, -0.05) is 39.7 Å². The van der Waals surface area contributed by atoms with Gasteiger partial charge in [0.1, 0.15) is 0 Å². The van der Waals surface area contributed by atoms with E-state index in [4.69, 9.17) is 0 Å². The fourth-order valence-corrected chi connectivity index (χ4v) is 3.44. The first-order valence-electron chi connectivity index (χ1n) is 6.70. The van der Waals surface area contributed by atoms with Crippen molar-refractivity contribution < 1.29 is 8.42 Å². The van der Waals surface area contributed by atoms with Gasteiger partial charge in [0, 0.05) is 11.0 Å². The number of halogens is 1. The normalized spacial score (nSPS) is 11.6. The first-order chi connectivity index (χ1) is 9.88. The highest BCUT2D eigenvalue weighted by atomic mass is 79.9. The molecule has 0 fully saturated rings. The van der Waals surface area contributed by atoms with Crippen LogP contribution in [-0.4, -0.2) is 15.0 Å². The van der Waals surface area contributed by atoms with Crippen LogP contribution in [0.1, 0.15) is 16.7 Å². The van der Waals surface area contributed by atoms with Crippen molar-refractivity contribution in [1.82, 2.24) is 4.72 Å². The second-order valence-corrected chi connectivity index (χ2v) is 7.71. The van der Waals surface area contributed by atoms with E-state index < -0.39 is 10.0 Å². The van der Waals surface area contributed by atoms with Crippen molar-refractivity contribution in [3.8, 4) is 0 Å². The average molecular weight is 368 g/mol. The van der Waals surface area contributed by atoms with Crippen LogP contribution in [0.3, 0.4) is 0 Å². The maximum absolute atomic E-state index is 12.1. The van der Waals surface area contributed by atoms with Gasteiger partial charge in [-0.25, -0.2) is 13.1 Å². The van der Waals surface area contributed by atoms with Gasteiger partial charge in [-0.15, -0.1) is 0 Å². The smallest absolute Gasteiger partial charge is 0.211 e. The molecule has 5 heteroatoms. The monoisotopic (exact) mass is 367 g/mol. The Morgan fingerprint density at radius 2 is 1.71 bits per heavy atom. The van der Waals surface area contributed by atoms with Crippen LogP contribution in [-0.2, 0) is 16.4 Å². The molecule has 0 atom stereocenters. The molecule has 0 bridgehead atoms. The Morgan fingerprint density at radius 1 is 1.05 bits per heavy atom. The zero-order chi connectivity index (χ0) is 15.5. The lowest BCUT2D eigenvalue weighted by molar-refractivity contribution is 0.581. The summed E-state index contributed by atoms with van der Waals surface area (Å²) in [7, 11) is -3.44. The fourth-order valence-electron chi connectivity index (χ4n) is 2.14. The standard InChI is InChI=1S/C16H18BrNO2S/c1-12-3-4-14(13(2)11-12)9-10-18-21(19,20)16-7-5-15(17)6-8-16/h3-8,11,18H,9-10H2,1-2H3. The molecule has 112 valence electrons. The van der Waals surface area contributed by atoms with Gasteiger partial charge in [-0.05, 0) is 55.7 Å². The lowest BCUT2D eigenvalue weighted by atomic mass is 10.0. The summed E-state index contributed by atoms with van der Waals surface area (Å²) in [4.78, 5) is 0.284. The molecule has 0 aliphatic carbocycles. The zero-order valence-electron chi connectivity index (χ0n) is 12.1. The summed E-state index contributed by atoms with van der Waals surface area (Å²) in [6.45, 7) is 4.49. The molecule has 1 N–H and O–H groups in total. The van der Waals surface area contributed by atoms with Crippen molar-refractivity contribution in [2.45, 2.75) is 25.2 Å². The molecule has 2 aromatic rings. The minimum Gasteiger partial charge on any atom is -0.211 e. The third-order valence-corrected chi connectivity index (χ3v) is 5.31. The molecule has 0 aliphatic heterocycles. The van der Waals surface area contributed by atoms with Gasteiger partial charge in [-0.3, -0.25) is 0 Å². The molecule has 2 aromatic carbocycles. The summed E-state index contributed by atoms with van der Waals surface area (Å²) in [6, 6.07) is 12.8. The van der Waals surface area contributed by atoms with E-state index in [9.17, 15) is 8.42 Å². The van der Waals surface area contributed by atoms with Gasteiger partial charge in [-0.2, -0.15) is 0 Å². The molecular weight excluding hydrogens is 350 g/mol. The lowest BCUT2D eigenvalue weighted by Gasteiger charge is -2.09. The Hall–Kier alpha value is -1.17. The van der Waals surface area contributed by atoms with Gasteiger partial charge >= 0.3 is 0 Å². The van der Waals surface area contributed by atoms with Crippen LogP contribution in [0.25, 0.3) is 0 Å². The van der Waals surface area contributed by atoms with Gasteiger partial charge < -0.3 is 0 Å². The zero-order valence-corrected chi connectivity index (χ0v) is 14.5. The molecule has 0 unspecified atom stereocenters. The van der Waals surface area contributed by atoms with Gasteiger partial charge in [0.05, 0.1) is 4.90 Å². The van der Waals surface area contributed by atoms with Gasteiger partial charge in [0.25, 0.3) is 0 Å². The minimum atomic E-state index is -3.44. The molecule has 2 rings (SSSR count). The molecule has 0 heterocycles. The molecule has 21 heavy (non-hydrogen) atoms. The van der Waals surface area contributed by atoms with Crippen molar-refractivity contribution in [3.05, 3.63) is 63.6 Å². The van der Waals surface area contributed by atoms with Crippen molar-refractivity contribution in [2.75, 3.05) is 6.54 Å². The van der Waals surface area contributed by atoms with E-state index in [0.717, 1.165) is 4.47 Å². The van der Waals surface area contributed by atoms with Crippen molar-refractivity contribution in [3.63, 3.8) is 0 Å². The highest BCUT2D eigenvalue weighted by Gasteiger charge is 2.13. The Labute approximate surface area is 134 Å². The van der Waals surface area contributed by atoms with Crippen LogP contribution in [0.4, 0.5) is 0 Å². The molecule has 0 saturated carbocycles. The topological polar surface area (TPSA) is 46.2 Å². The number of hydrogen-bond acceptors (Lipinski definition) is 2.